The van der Waals surface area contributed by atoms with Crippen molar-refractivity contribution in [2.75, 3.05) is 26.2 Å². The molecule has 1 aliphatic rings. The van der Waals surface area contributed by atoms with E-state index < -0.39 is 0 Å². The van der Waals surface area contributed by atoms with E-state index >= 15 is 0 Å². The van der Waals surface area contributed by atoms with Crippen LogP contribution >= 0.6 is 0 Å². The largest absolute Gasteiger partial charge is 0.396 e. The molecule has 108 valence electrons. The summed E-state index contributed by atoms with van der Waals surface area (Å²) in [6.45, 7) is 3.98. The van der Waals surface area contributed by atoms with E-state index in [4.69, 9.17) is 10.8 Å². The third-order valence-corrected chi connectivity index (χ3v) is 3.84. The van der Waals surface area contributed by atoms with Crippen molar-refractivity contribution in [3.05, 3.63) is 35.4 Å². The lowest BCUT2D eigenvalue weighted by atomic mass is 9.95. The zero-order chi connectivity index (χ0) is 14.2. The van der Waals surface area contributed by atoms with Crippen molar-refractivity contribution in [3.8, 4) is 11.8 Å². The average molecular weight is 272 g/mol. The van der Waals surface area contributed by atoms with Gasteiger partial charge in [0.2, 0.25) is 0 Å². The first kappa shape index (κ1) is 15.1. The molecular weight excluding hydrogens is 248 g/mol. The molecule has 1 atom stereocenters. The monoisotopic (exact) mass is 272 g/mol. The fourth-order valence-corrected chi connectivity index (χ4v) is 2.82. The first-order chi connectivity index (χ1) is 9.81. The highest BCUT2D eigenvalue weighted by molar-refractivity contribution is 5.36. The Hall–Kier alpha value is -1.34. The maximum atomic E-state index is 9.06. The number of hydrogen-bond acceptors (Lipinski definition) is 3. The van der Waals surface area contributed by atoms with Crippen molar-refractivity contribution in [2.24, 2.45) is 11.7 Å². The molecular formula is C17H24N2O. The highest BCUT2D eigenvalue weighted by Gasteiger charge is 2.19. The van der Waals surface area contributed by atoms with Crippen molar-refractivity contribution in [1.82, 2.24) is 4.90 Å². The molecule has 1 unspecified atom stereocenters. The number of aliphatic hydroxyl groups excluding tert-OH is 1. The first-order valence-electron chi connectivity index (χ1n) is 7.43. The number of benzene rings is 1. The molecule has 3 N–H and O–H groups in total. The molecule has 1 saturated heterocycles. The standard InChI is InChI=1S/C17H24N2O/c18-10-1-3-15-5-7-17(8-6-15)14-19-11-2-4-16(13-19)9-12-20/h5-8,16,20H,2,4,9-14,18H2. The third kappa shape index (κ3) is 4.64. The Morgan fingerprint density at radius 2 is 2.10 bits per heavy atom. The van der Waals surface area contributed by atoms with Gasteiger partial charge in [-0.05, 0) is 49.4 Å². The second-order valence-electron chi connectivity index (χ2n) is 5.46. The molecule has 3 nitrogen and oxygen atoms in total. The van der Waals surface area contributed by atoms with Gasteiger partial charge in [-0.1, -0.05) is 24.0 Å². The molecule has 0 amide bonds. The highest BCUT2D eigenvalue weighted by atomic mass is 16.3. The van der Waals surface area contributed by atoms with Crippen LogP contribution in [0.4, 0.5) is 0 Å². The van der Waals surface area contributed by atoms with Gasteiger partial charge in [0.1, 0.15) is 0 Å². The van der Waals surface area contributed by atoms with Gasteiger partial charge < -0.3 is 10.8 Å². The van der Waals surface area contributed by atoms with E-state index in [1.54, 1.807) is 0 Å². The highest BCUT2D eigenvalue weighted by Crippen LogP contribution is 2.21. The van der Waals surface area contributed by atoms with E-state index in [2.05, 4.69) is 41.0 Å². The fourth-order valence-electron chi connectivity index (χ4n) is 2.82. The number of rotatable bonds is 4. The Balaban J connectivity index is 1.89. The predicted octanol–water partition coefficient (Wildman–Crippen LogP) is 1.59. The minimum atomic E-state index is 0.313. The molecule has 0 aromatic heterocycles. The molecule has 2 rings (SSSR count). The fraction of sp³-hybridized carbons (Fsp3) is 0.529. The van der Waals surface area contributed by atoms with Crippen LogP contribution in [-0.2, 0) is 6.54 Å². The van der Waals surface area contributed by atoms with Crippen molar-refractivity contribution >= 4 is 0 Å². The molecule has 1 fully saturated rings. The van der Waals surface area contributed by atoms with E-state index in [1.807, 2.05) is 0 Å². The summed E-state index contributed by atoms with van der Waals surface area (Å²) in [5, 5.41) is 9.06. The van der Waals surface area contributed by atoms with Crippen molar-refractivity contribution in [3.63, 3.8) is 0 Å². The lowest BCUT2D eigenvalue weighted by Crippen LogP contribution is -2.35. The van der Waals surface area contributed by atoms with Crippen LogP contribution in [0.5, 0.6) is 0 Å². The van der Waals surface area contributed by atoms with E-state index in [0.29, 0.717) is 19.1 Å². The number of piperidine rings is 1. The van der Waals surface area contributed by atoms with E-state index in [0.717, 1.165) is 31.6 Å². The van der Waals surface area contributed by atoms with Gasteiger partial charge in [-0.3, -0.25) is 4.90 Å². The molecule has 1 aliphatic heterocycles. The summed E-state index contributed by atoms with van der Waals surface area (Å²) in [6.07, 6.45) is 3.43. The lowest BCUT2D eigenvalue weighted by molar-refractivity contribution is 0.142. The Kier molecular flexibility index (Phi) is 6.07. The molecule has 1 aromatic carbocycles. The molecule has 3 heteroatoms. The summed E-state index contributed by atoms with van der Waals surface area (Å²) >= 11 is 0. The van der Waals surface area contributed by atoms with Gasteiger partial charge in [-0.25, -0.2) is 0 Å². The van der Waals surface area contributed by atoms with Gasteiger partial charge in [0.15, 0.2) is 0 Å². The number of likely N-dealkylation sites (tertiary alicyclic amines) is 1. The number of nitrogens with two attached hydrogens (primary N) is 1. The maximum absolute atomic E-state index is 9.06. The Morgan fingerprint density at radius 1 is 1.30 bits per heavy atom. The summed E-state index contributed by atoms with van der Waals surface area (Å²) in [6, 6.07) is 8.42. The summed E-state index contributed by atoms with van der Waals surface area (Å²) in [4.78, 5) is 2.49. The molecule has 0 radical (unpaired) electrons. The third-order valence-electron chi connectivity index (χ3n) is 3.84. The van der Waals surface area contributed by atoms with Crippen LogP contribution in [0.2, 0.25) is 0 Å². The number of nitrogens with zero attached hydrogens (tertiary/aromatic N) is 1. The number of aliphatic hydroxyl groups is 1. The SMILES string of the molecule is NCC#Cc1ccc(CN2CCCC(CCO)C2)cc1. The zero-order valence-electron chi connectivity index (χ0n) is 12.0. The second kappa shape index (κ2) is 8.06. The minimum Gasteiger partial charge on any atom is -0.396 e. The van der Waals surface area contributed by atoms with E-state index in [-0.39, 0.29) is 0 Å². The second-order valence-corrected chi connectivity index (χ2v) is 5.46. The average Bonchev–Trinajstić information content (AvgIpc) is 2.47. The molecule has 0 saturated carbocycles. The van der Waals surface area contributed by atoms with Crippen LogP contribution in [0.15, 0.2) is 24.3 Å². The molecule has 1 heterocycles. The zero-order valence-corrected chi connectivity index (χ0v) is 12.0. The quantitative estimate of drug-likeness (QED) is 0.818. The normalized spacial score (nSPS) is 19.4. The Morgan fingerprint density at radius 3 is 2.80 bits per heavy atom. The van der Waals surface area contributed by atoms with Gasteiger partial charge in [0.25, 0.3) is 0 Å². The van der Waals surface area contributed by atoms with Crippen LogP contribution in [-0.4, -0.2) is 36.2 Å². The topological polar surface area (TPSA) is 49.5 Å². The summed E-state index contributed by atoms with van der Waals surface area (Å²) in [5.74, 6) is 6.57. The van der Waals surface area contributed by atoms with Crippen molar-refractivity contribution < 1.29 is 5.11 Å². The molecule has 20 heavy (non-hydrogen) atoms. The molecule has 0 aliphatic carbocycles. The Labute approximate surface area is 121 Å². The van der Waals surface area contributed by atoms with Crippen LogP contribution < -0.4 is 5.73 Å². The van der Waals surface area contributed by atoms with Crippen LogP contribution in [0.3, 0.4) is 0 Å². The number of hydrogen-bond donors (Lipinski definition) is 2. The minimum absolute atomic E-state index is 0.313. The van der Waals surface area contributed by atoms with E-state index in [9.17, 15) is 0 Å². The summed E-state index contributed by atoms with van der Waals surface area (Å²) < 4.78 is 0. The Bertz CT molecular complexity index is 456. The van der Waals surface area contributed by atoms with Crippen molar-refractivity contribution in [2.45, 2.75) is 25.8 Å². The molecule has 0 spiro atoms. The smallest absolute Gasteiger partial charge is 0.0555 e. The van der Waals surface area contributed by atoms with Crippen molar-refractivity contribution in [1.29, 1.82) is 0 Å². The molecule has 1 aromatic rings. The van der Waals surface area contributed by atoms with Gasteiger partial charge in [-0.2, -0.15) is 0 Å². The van der Waals surface area contributed by atoms with Gasteiger partial charge >= 0.3 is 0 Å². The van der Waals surface area contributed by atoms with Gasteiger partial charge in [0.05, 0.1) is 6.54 Å². The maximum Gasteiger partial charge on any atom is 0.0555 e. The van der Waals surface area contributed by atoms with Gasteiger partial charge in [0, 0.05) is 25.3 Å². The summed E-state index contributed by atoms with van der Waals surface area (Å²) in [7, 11) is 0. The summed E-state index contributed by atoms with van der Waals surface area (Å²) in [5.41, 5.74) is 7.72. The van der Waals surface area contributed by atoms with Crippen LogP contribution in [0, 0.1) is 17.8 Å². The van der Waals surface area contributed by atoms with Gasteiger partial charge in [-0.15, -0.1) is 0 Å². The van der Waals surface area contributed by atoms with Crippen LogP contribution in [0.25, 0.3) is 0 Å². The first-order valence-corrected chi connectivity index (χ1v) is 7.43. The molecule has 0 bridgehead atoms. The lowest BCUT2D eigenvalue weighted by Gasteiger charge is -2.32. The van der Waals surface area contributed by atoms with E-state index in [1.165, 1.54) is 18.4 Å². The predicted molar refractivity (Wildman–Crippen MR) is 82.1 cm³/mol. The van der Waals surface area contributed by atoms with Crippen LogP contribution in [0.1, 0.15) is 30.4 Å².